The molecule has 72 valence electrons. The lowest BCUT2D eigenvalue weighted by molar-refractivity contribution is 0.0167. The van der Waals surface area contributed by atoms with Gasteiger partial charge < -0.3 is 4.74 Å². The summed E-state index contributed by atoms with van der Waals surface area (Å²) < 4.78 is 6.64. The second-order valence-electron chi connectivity index (χ2n) is 3.14. The van der Waals surface area contributed by atoms with Crippen molar-refractivity contribution in [3.8, 4) is 0 Å². The van der Waals surface area contributed by atoms with Gasteiger partial charge in [0.2, 0.25) is 0 Å². The van der Waals surface area contributed by atoms with Crippen LogP contribution in [0.4, 0.5) is 0 Å². The average molecular weight is 310 g/mol. The molecule has 0 bridgehead atoms. The van der Waals surface area contributed by atoms with E-state index in [0.717, 1.165) is 21.0 Å². The van der Waals surface area contributed by atoms with E-state index in [4.69, 9.17) is 4.74 Å². The average Bonchev–Trinajstić information content (AvgIpc) is 2.53. The third kappa shape index (κ3) is 2.85. The number of nitrogens with zero attached hydrogens (tertiary/aromatic N) is 2. The number of aromatic nitrogens is 2. The molecule has 1 fully saturated rings. The summed E-state index contributed by atoms with van der Waals surface area (Å²) in [7, 11) is 0. The van der Waals surface area contributed by atoms with Crippen molar-refractivity contribution in [3.63, 3.8) is 0 Å². The molecule has 1 atom stereocenters. The smallest absolute Gasteiger partial charge is 0.178 e. The lowest BCUT2D eigenvalue weighted by Gasteiger charge is -2.21. The van der Waals surface area contributed by atoms with E-state index in [1.165, 1.54) is 19.3 Å². The second-order valence-corrected chi connectivity index (χ2v) is 5.96. The summed E-state index contributed by atoms with van der Waals surface area (Å²) in [4.78, 5) is 0. The quantitative estimate of drug-likeness (QED) is 0.786. The molecule has 5 heteroatoms. The first kappa shape index (κ1) is 9.79. The van der Waals surface area contributed by atoms with E-state index < -0.39 is 0 Å². The van der Waals surface area contributed by atoms with Gasteiger partial charge in [0, 0.05) is 13.0 Å². The third-order valence-corrected chi connectivity index (χ3v) is 3.73. The molecule has 1 unspecified atom stereocenters. The Kier molecular flexibility index (Phi) is 3.51. The highest BCUT2D eigenvalue weighted by Crippen LogP contribution is 2.19. The Morgan fingerprint density at radius 1 is 1.46 bits per heavy atom. The monoisotopic (exact) mass is 310 g/mol. The maximum atomic E-state index is 5.63. The van der Waals surface area contributed by atoms with Crippen molar-refractivity contribution in [2.24, 2.45) is 0 Å². The minimum absolute atomic E-state index is 0.387. The van der Waals surface area contributed by atoms with Gasteiger partial charge in [0.25, 0.3) is 0 Å². The van der Waals surface area contributed by atoms with Crippen LogP contribution in [0.25, 0.3) is 0 Å². The van der Waals surface area contributed by atoms with Gasteiger partial charge in [-0.3, -0.25) is 0 Å². The van der Waals surface area contributed by atoms with Gasteiger partial charge in [-0.2, -0.15) is 0 Å². The maximum absolute atomic E-state index is 5.63. The van der Waals surface area contributed by atoms with E-state index in [-0.39, 0.29) is 0 Å². The molecular formula is C8H11IN2OS. The molecule has 0 aromatic carbocycles. The first-order chi connectivity index (χ1) is 6.34. The van der Waals surface area contributed by atoms with Crippen molar-refractivity contribution in [1.82, 2.24) is 10.2 Å². The van der Waals surface area contributed by atoms with E-state index in [9.17, 15) is 0 Å². The first-order valence-electron chi connectivity index (χ1n) is 4.44. The van der Waals surface area contributed by atoms with Crippen LogP contribution in [0.2, 0.25) is 0 Å². The van der Waals surface area contributed by atoms with Gasteiger partial charge in [-0.05, 0) is 41.9 Å². The van der Waals surface area contributed by atoms with Gasteiger partial charge >= 0.3 is 0 Å². The summed E-state index contributed by atoms with van der Waals surface area (Å²) in [6.45, 7) is 0.917. The van der Waals surface area contributed by atoms with Crippen LogP contribution < -0.4 is 0 Å². The molecule has 0 N–H and O–H groups in total. The second kappa shape index (κ2) is 4.65. The molecule has 0 radical (unpaired) electrons. The third-order valence-electron chi connectivity index (χ3n) is 2.12. The largest absolute Gasteiger partial charge is 0.378 e. The van der Waals surface area contributed by atoms with Crippen molar-refractivity contribution < 1.29 is 4.74 Å². The van der Waals surface area contributed by atoms with Crippen LogP contribution in [0.3, 0.4) is 0 Å². The molecule has 1 aromatic rings. The fraction of sp³-hybridized carbons (Fsp3) is 0.750. The minimum Gasteiger partial charge on any atom is -0.378 e. The number of halogens is 1. The highest BCUT2D eigenvalue weighted by atomic mass is 127. The molecule has 0 saturated carbocycles. The minimum atomic E-state index is 0.387. The van der Waals surface area contributed by atoms with E-state index in [2.05, 4.69) is 32.8 Å². The zero-order chi connectivity index (χ0) is 9.10. The number of hydrogen-bond acceptors (Lipinski definition) is 4. The highest BCUT2D eigenvalue weighted by molar-refractivity contribution is 14.1. The normalized spacial score (nSPS) is 23.3. The van der Waals surface area contributed by atoms with Gasteiger partial charge in [-0.25, -0.2) is 0 Å². The summed E-state index contributed by atoms with van der Waals surface area (Å²) in [5.74, 6) is 0. The Balaban J connectivity index is 1.89. The molecule has 0 aliphatic carbocycles. The summed E-state index contributed by atoms with van der Waals surface area (Å²) >= 11 is 3.86. The Morgan fingerprint density at radius 2 is 2.38 bits per heavy atom. The Labute approximate surface area is 95.0 Å². The Bertz CT molecular complexity index is 273. The predicted octanol–water partition coefficient (Wildman–Crippen LogP) is 2.25. The number of rotatable bonds is 2. The summed E-state index contributed by atoms with van der Waals surface area (Å²) in [6, 6.07) is 0. The van der Waals surface area contributed by atoms with Crippen molar-refractivity contribution in [2.45, 2.75) is 31.8 Å². The van der Waals surface area contributed by atoms with Crippen LogP contribution in [0.1, 0.15) is 24.3 Å². The van der Waals surface area contributed by atoms with Crippen LogP contribution >= 0.6 is 33.9 Å². The van der Waals surface area contributed by atoms with Gasteiger partial charge in [-0.1, -0.05) is 11.3 Å². The van der Waals surface area contributed by atoms with Crippen LogP contribution in [0.5, 0.6) is 0 Å². The molecule has 1 aliphatic heterocycles. The molecule has 1 aliphatic rings. The predicted molar refractivity (Wildman–Crippen MR) is 59.9 cm³/mol. The lowest BCUT2D eigenvalue weighted by atomic mass is 10.1. The Morgan fingerprint density at radius 3 is 3.00 bits per heavy atom. The van der Waals surface area contributed by atoms with E-state index in [0.29, 0.717) is 6.10 Å². The molecule has 1 saturated heterocycles. The van der Waals surface area contributed by atoms with E-state index >= 15 is 0 Å². The van der Waals surface area contributed by atoms with Crippen LogP contribution in [-0.2, 0) is 11.2 Å². The highest BCUT2D eigenvalue weighted by Gasteiger charge is 2.16. The van der Waals surface area contributed by atoms with Crippen LogP contribution in [0.15, 0.2) is 0 Å². The molecule has 13 heavy (non-hydrogen) atoms. The standard InChI is InChI=1S/C8H11IN2OS/c9-8-11-10-7(13-8)5-6-3-1-2-4-12-6/h6H,1-5H2. The zero-order valence-corrected chi connectivity index (χ0v) is 10.2. The molecule has 2 rings (SSSR count). The van der Waals surface area contributed by atoms with Crippen LogP contribution in [0, 0.1) is 3.01 Å². The van der Waals surface area contributed by atoms with Gasteiger partial charge in [0.15, 0.2) is 3.01 Å². The van der Waals surface area contributed by atoms with Crippen molar-refractivity contribution in [2.75, 3.05) is 6.61 Å². The fourth-order valence-electron chi connectivity index (χ4n) is 1.48. The fourth-order valence-corrected chi connectivity index (χ4v) is 2.98. The van der Waals surface area contributed by atoms with Crippen molar-refractivity contribution in [1.29, 1.82) is 0 Å². The topological polar surface area (TPSA) is 35.0 Å². The van der Waals surface area contributed by atoms with Crippen molar-refractivity contribution in [3.05, 3.63) is 8.02 Å². The van der Waals surface area contributed by atoms with Gasteiger partial charge in [0.05, 0.1) is 6.10 Å². The zero-order valence-electron chi connectivity index (χ0n) is 7.20. The summed E-state index contributed by atoms with van der Waals surface area (Å²) in [5, 5.41) is 9.18. The molecule has 3 nitrogen and oxygen atoms in total. The number of hydrogen-bond donors (Lipinski definition) is 0. The van der Waals surface area contributed by atoms with E-state index in [1.807, 2.05) is 0 Å². The lowest BCUT2D eigenvalue weighted by Crippen LogP contribution is -2.21. The number of ether oxygens (including phenoxy) is 1. The van der Waals surface area contributed by atoms with Crippen LogP contribution in [-0.4, -0.2) is 22.9 Å². The summed E-state index contributed by atoms with van der Waals surface area (Å²) in [6.07, 6.45) is 5.01. The molecule has 0 amide bonds. The molecule has 1 aromatic heterocycles. The van der Waals surface area contributed by atoms with E-state index in [1.54, 1.807) is 11.3 Å². The van der Waals surface area contributed by atoms with Gasteiger partial charge in [0.1, 0.15) is 5.01 Å². The van der Waals surface area contributed by atoms with Gasteiger partial charge in [-0.15, -0.1) is 10.2 Å². The first-order valence-corrected chi connectivity index (χ1v) is 6.33. The maximum Gasteiger partial charge on any atom is 0.178 e. The SMILES string of the molecule is Ic1nnc(CC2CCCCO2)s1. The Hall–Kier alpha value is 0.250. The van der Waals surface area contributed by atoms with Crippen molar-refractivity contribution >= 4 is 33.9 Å². The molecule has 2 heterocycles. The molecular weight excluding hydrogens is 299 g/mol. The molecule has 0 spiro atoms. The summed E-state index contributed by atoms with van der Waals surface area (Å²) in [5.41, 5.74) is 0.